The lowest BCUT2D eigenvalue weighted by atomic mass is 9.83. The Labute approximate surface area is 237 Å². The number of nitrogens with zero attached hydrogens (tertiary/aromatic N) is 3. The number of nitrogens with one attached hydrogen (secondary N) is 2. The summed E-state index contributed by atoms with van der Waals surface area (Å²) in [6.45, 7) is 6.43. The van der Waals surface area contributed by atoms with Gasteiger partial charge in [-0.2, -0.15) is 0 Å². The van der Waals surface area contributed by atoms with Crippen LogP contribution in [0.4, 0.5) is 11.4 Å². The second-order valence-corrected chi connectivity index (χ2v) is 11.9. The van der Waals surface area contributed by atoms with Crippen molar-refractivity contribution in [3.05, 3.63) is 80.4 Å². The van der Waals surface area contributed by atoms with Gasteiger partial charge in [0.15, 0.2) is 0 Å². The third-order valence-electron chi connectivity index (χ3n) is 8.12. The number of ether oxygens (including phenoxy) is 1. The van der Waals surface area contributed by atoms with Gasteiger partial charge in [0.1, 0.15) is 0 Å². The van der Waals surface area contributed by atoms with Crippen molar-refractivity contribution in [2.45, 2.75) is 31.8 Å². The predicted molar refractivity (Wildman–Crippen MR) is 156 cm³/mol. The molecule has 0 unspecified atom stereocenters. The molecule has 2 saturated heterocycles. The van der Waals surface area contributed by atoms with Crippen LogP contribution < -0.4 is 21.1 Å². The molecule has 3 aliphatic heterocycles. The minimum absolute atomic E-state index is 0.0618. The molecular formula is C30H35N5O4S. The van der Waals surface area contributed by atoms with Crippen molar-refractivity contribution in [1.29, 1.82) is 0 Å². The van der Waals surface area contributed by atoms with Crippen molar-refractivity contribution in [3.8, 4) is 0 Å². The highest BCUT2D eigenvalue weighted by Gasteiger charge is 2.35. The Bertz CT molecular complexity index is 1420. The fourth-order valence-electron chi connectivity index (χ4n) is 6.13. The molecule has 3 aromatic rings. The molecule has 0 aliphatic carbocycles. The number of hydrogen-bond donors (Lipinski definition) is 2. The van der Waals surface area contributed by atoms with Crippen LogP contribution in [0, 0.1) is 5.92 Å². The molecule has 10 heteroatoms. The number of aromatic nitrogens is 1. The second-order valence-electron chi connectivity index (χ2n) is 10.8. The first-order valence-corrected chi connectivity index (χ1v) is 14.9. The maximum absolute atomic E-state index is 13.1. The molecule has 2 fully saturated rings. The number of benzene rings is 1. The zero-order chi connectivity index (χ0) is 27.5. The molecule has 3 aliphatic rings. The lowest BCUT2D eigenvalue weighted by molar-refractivity contribution is -0.116. The van der Waals surface area contributed by atoms with Crippen LogP contribution in [0.2, 0.25) is 0 Å². The smallest absolute Gasteiger partial charge is 0.251 e. The number of thiophene rings is 1. The standard InChI is InChI=1S/C30H35N5O4S/c36-28(8-9-33-10-12-39-13-11-33)32-25-16-22(30(38)31-17-24-3-2-14-40-24)6-7-27(25)34-18-21-15-23(20-34)26-4-1-5-29(37)35(26)19-21/h1-7,14,16,21,23H,8-13,15,17-20H2,(H,31,38)(H,32,36)/t21-,23+/m1/s1. The zero-order valence-corrected chi connectivity index (χ0v) is 23.3. The van der Waals surface area contributed by atoms with Crippen molar-refractivity contribution < 1.29 is 14.3 Å². The van der Waals surface area contributed by atoms with Gasteiger partial charge in [-0.25, -0.2) is 0 Å². The van der Waals surface area contributed by atoms with E-state index in [9.17, 15) is 14.4 Å². The van der Waals surface area contributed by atoms with Crippen molar-refractivity contribution in [2.75, 3.05) is 56.2 Å². The summed E-state index contributed by atoms with van der Waals surface area (Å²) in [6, 6.07) is 15.1. The number of rotatable bonds is 8. The van der Waals surface area contributed by atoms with Crippen LogP contribution in [0.5, 0.6) is 0 Å². The van der Waals surface area contributed by atoms with E-state index in [2.05, 4.69) is 26.5 Å². The van der Waals surface area contributed by atoms with Crippen LogP contribution in [0.25, 0.3) is 0 Å². The van der Waals surface area contributed by atoms with Gasteiger partial charge in [0.05, 0.1) is 31.1 Å². The first-order chi connectivity index (χ1) is 19.5. The van der Waals surface area contributed by atoms with E-state index >= 15 is 0 Å². The Morgan fingerprint density at radius 2 is 1.90 bits per heavy atom. The average Bonchev–Trinajstić information content (AvgIpc) is 3.50. The van der Waals surface area contributed by atoms with Gasteiger partial charge >= 0.3 is 0 Å². The van der Waals surface area contributed by atoms with E-state index in [0.29, 0.717) is 56.4 Å². The van der Waals surface area contributed by atoms with Crippen LogP contribution in [0.15, 0.2) is 58.7 Å². The van der Waals surface area contributed by atoms with Gasteiger partial charge in [-0.15, -0.1) is 11.3 Å². The van der Waals surface area contributed by atoms with Gasteiger partial charge in [-0.3, -0.25) is 19.3 Å². The number of carbonyl (C=O) groups excluding carboxylic acids is 2. The van der Waals surface area contributed by atoms with Crippen molar-refractivity contribution >= 4 is 34.5 Å². The molecule has 40 heavy (non-hydrogen) atoms. The predicted octanol–water partition coefficient (Wildman–Crippen LogP) is 3.12. The Morgan fingerprint density at radius 1 is 1.02 bits per heavy atom. The highest BCUT2D eigenvalue weighted by molar-refractivity contribution is 7.09. The molecule has 6 rings (SSSR count). The summed E-state index contributed by atoms with van der Waals surface area (Å²) in [7, 11) is 0. The fourth-order valence-corrected chi connectivity index (χ4v) is 6.77. The van der Waals surface area contributed by atoms with Crippen LogP contribution in [0.3, 0.4) is 0 Å². The maximum atomic E-state index is 13.1. The van der Waals surface area contributed by atoms with Crippen LogP contribution >= 0.6 is 11.3 Å². The monoisotopic (exact) mass is 561 g/mol. The molecule has 0 radical (unpaired) electrons. The van der Waals surface area contributed by atoms with Gasteiger partial charge in [0.25, 0.3) is 11.5 Å². The largest absolute Gasteiger partial charge is 0.379 e. The molecule has 2 N–H and O–H groups in total. The quantitative estimate of drug-likeness (QED) is 0.439. The fraction of sp³-hybridized carbons (Fsp3) is 0.433. The minimum Gasteiger partial charge on any atom is -0.379 e. The summed E-state index contributed by atoms with van der Waals surface area (Å²) in [5, 5.41) is 8.12. The molecule has 210 valence electrons. The third-order valence-corrected chi connectivity index (χ3v) is 8.99. The summed E-state index contributed by atoms with van der Waals surface area (Å²) >= 11 is 1.60. The highest BCUT2D eigenvalue weighted by atomic mass is 32.1. The molecule has 2 aromatic heterocycles. The van der Waals surface area contributed by atoms with Crippen molar-refractivity contribution in [1.82, 2.24) is 14.8 Å². The summed E-state index contributed by atoms with van der Waals surface area (Å²) in [5.41, 5.74) is 3.22. The summed E-state index contributed by atoms with van der Waals surface area (Å²) in [5.74, 6) is 0.329. The third kappa shape index (κ3) is 5.99. The molecule has 5 heterocycles. The molecule has 9 nitrogen and oxygen atoms in total. The SMILES string of the molecule is O=C(CCN1CCOCC1)Nc1cc(C(=O)NCc2cccs2)ccc1N1C[C@H]2C[C@@H](C1)c1cccc(=O)n1C2. The van der Waals surface area contributed by atoms with E-state index in [1.54, 1.807) is 23.5 Å². The van der Waals surface area contributed by atoms with E-state index in [0.717, 1.165) is 48.9 Å². The maximum Gasteiger partial charge on any atom is 0.251 e. The topological polar surface area (TPSA) is 95.9 Å². The van der Waals surface area contributed by atoms with E-state index in [4.69, 9.17) is 4.74 Å². The Morgan fingerprint density at radius 3 is 2.73 bits per heavy atom. The summed E-state index contributed by atoms with van der Waals surface area (Å²) in [6.07, 6.45) is 1.42. The van der Waals surface area contributed by atoms with E-state index < -0.39 is 0 Å². The average molecular weight is 562 g/mol. The van der Waals surface area contributed by atoms with Gasteiger partial charge < -0.3 is 24.8 Å². The number of morpholine rings is 1. The molecule has 0 saturated carbocycles. The first kappa shape index (κ1) is 26.7. The number of piperidine rings is 1. The summed E-state index contributed by atoms with van der Waals surface area (Å²) in [4.78, 5) is 44.3. The Kier molecular flexibility index (Phi) is 7.99. The van der Waals surface area contributed by atoms with Crippen molar-refractivity contribution in [3.63, 3.8) is 0 Å². The Balaban J connectivity index is 1.22. The first-order valence-electron chi connectivity index (χ1n) is 14.0. The van der Waals surface area contributed by atoms with E-state index in [1.807, 2.05) is 40.3 Å². The molecule has 1 aromatic carbocycles. The van der Waals surface area contributed by atoms with Crippen molar-refractivity contribution in [2.24, 2.45) is 5.92 Å². The van der Waals surface area contributed by atoms with Crippen LogP contribution in [-0.4, -0.2) is 67.2 Å². The van der Waals surface area contributed by atoms with E-state index in [-0.39, 0.29) is 23.3 Å². The van der Waals surface area contributed by atoms with Crippen LogP contribution in [0.1, 0.15) is 39.7 Å². The highest BCUT2D eigenvalue weighted by Crippen LogP contribution is 2.39. The normalized spacial score (nSPS) is 20.6. The summed E-state index contributed by atoms with van der Waals surface area (Å²) < 4.78 is 7.34. The van der Waals surface area contributed by atoms with Gasteiger partial charge in [0.2, 0.25) is 5.91 Å². The molecule has 2 amide bonds. The number of carbonyl (C=O) groups is 2. The lowest BCUT2D eigenvalue weighted by Crippen LogP contribution is -2.47. The van der Waals surface area contributed by atoms with Gasteiger partial charge in [0, 0.05) is 73.8 Å². The Hall–Kier alpha value is -3.47. The minimum atomic E-state index is -0.174. The zero-order valence-electron chi connectivity index (χ0n) is 22.5. The number of amides is 2. The molecule has 2 bridgehead atoms. The second kappa shape index (κ2) is 12.0. The lowest BCUT2D eigenvalue weighted by Gasteiger charge is -2.44. The number of fused-ring (bicyclic) bond motifs is 4. The molecule has 0 spiro atoms. The van der Waals surface area contributed by atoms with Crippen LogP contribution in [-0.2, 0) is 22.6 Å². The van der Waals surface area contributed by atoms with E-state index in [1.165, 1.54) is 0 Å². The molecular weight excluding hydrogens is 526 g/mol. The number of anilines is 2. The number of hydrogen-bond acceptors (Lipinski definition) is 7. The molecule has 2 atom stereocenters. The van der Waals surface area contributed by atoms with Gasteiger partial charge in [-0.05, 0) is 48.1 Å². The van der Waals surface area contributed by atoms with Gasteiger partial charge in [-0.1, -0.05) is 12.1 Å². The number of pyridine rings is 1.